The molecule has 4 N–H and O–H groups in total. The Morgan fingerprint density at radius 3 is 2.37 bits per heavy atom. The number of ether oxygens (including phenoxy) is 2. The molecule has 0 fully saturated rings. The number of halogens is 4. The molecule has 0 aliphatic rings. The fraction of sp³-hybridized carbons (Fsp3) is 0.296. The zero-order chi connectivity index (χ0) is 27.7. The first-order chi connectivity index (χ1) is 18.2. The maximum Gasteiger partial charge on any atom is 0.387 e. The Balaban J connectivity index is 2.10. The minimum atomic E-state index is -3.25. The number of aliphatic hydroxyl groups is 1. The van der Waals surface area contributed by atoms with Gasteiger partial charge in [-0.25, -0.2) is 10.2 Å². The SMILES string of the molecule is C/C=C(\C=C/[NH2+]O)CC(c1ccc(OC(F)F)c(OC(F)F)c1)c1cnc(C(O)(CC)c2ccccc2)s1. The Bertz CT molecular complexity index is 1240. The molecule has 0 radical (unpaired) electrons. The number of hydrogen-bond donors (Lipinski definition) is 3. The van der Waals surface area contributed by atoms with Gasteiger partial charge in [-0.1, -0.05) is 49.4 Å². The van der Waals surface area contributed by atoms with Crippen molar-refractivity contribution in [1.82, 2.24) is 4.98 Å². The Labute approximate surface area is 221 Å². The van der Waals surface area contributed by atoms with E-state index in [1.807, 2.05) is 50.3 Å². The maximum atomic E-state index is 13.1. The first-order valence-electron chi connectivity index (χ1n) is 11.8. The molecule has 0 saturated carbocycles. The van der Waals surface area contributed by atoms with Gasteiger partial charge in [0, 0.05) is 17.0 Å². The van der Waals surface area contributed by atoms with Crippen molar-refractivity contribution < 1.29 is 42.8 Å². The van der Waals surface area contributed by atoms with E-state index >= 15 is 0 Å². The molecule has 0 spiro atoms. The molecule has 3 rings (SSSR count). The zero-order valence-corrected chi connectivity index (χ0v) is 21.5. The molecular formula is C27H29F4N2O4S+. The van der Waals surface area contributed by atoms with Gasteiger partial charge in [-0.05, 0) is 54.7 Å². The molecule has 11 heteroatoms. The monoisotopic (exact) mass is 553 g/mol. The molecule has 204 valence electrons. The van der Waals surface area contributed by atoms with Crippen LogP contribution in [0.1, 0.15) is 53.6 Å². The van der Waals surface area contributed by atoms with E-state index in [4.69, 9.17) is 5.21 Å². The van der Waals surface area contributed by atoms with E-state index in [2.05, 4.69) is 14.5 Å². The van der Waals surface area contributed by atoms with E-state index < -0.39 is 36.2 Å². The predicted octanol–water partition coefficient (Wildman–Crippen LogP) is 5.93. The molecule has 0 aliphatic carbocycles. The van der Waals surface area contributed by atoms with Gasteiger partial charge < -0.3 is 14.6 Å². The fourth-order valence-electron chi connectivity index (χ4n) is 4.02. The number of benzene rings is 2. The molecule has 6 nitrogen and oxygen atoms in total. The summed E-state index contributed by atoms with van der Waals surface area (Å²) in [4.78, 5) is 5.22. The van der Waals surface area contributed by atoms with E-state index in [1.54, 1.807) is 12.3 Å². The lowest BCUT2D eigenvalue weighted by atomic mass is 9.90. The number of nitrogens with two attached hydrogens (primary N) is 1. The maximum absolute atomic E-state index is 13.1. The Hall–Kier alpha value is -3.25. The predicted molar refractivity (Wildman–Crippen MR) is 135 cm³/mol. The van der Waals surface area contributed by atoms with Crippen LogP contribution in [0.5, 0.6) is 11.5 Å². The molecule has 3 aromatic rings. The van der Waals surface area contributed by atoms with Gasteiger partial charge >= 0.3 is 13.2 Å². The standard InChI is InChI=1S/C27H28F4N2O4S/c1-3-17(12-13-33-35)14-20(18-10-11-21(36-25(28)29)22(15-18)37-26(30)31)23-16-32-24(38-23)27(34,4-2)19-8-6-5-7-9-19/h3,5-13,15-16,20,25-26,33-35H,4,14H2,1-2H3/p+1/b13-12-,17-3+. The van der Waals surface area contributed by atoms with Gasteiger partial charge in [0.2, 0.25) is 0 Å². The molecule has 0 saturated heterocycles. The second-order valence-corrected chi connectivity index (χ2v) is 9.30. The quantitative estimate of drug-likeness (QED) is 0.139. The Kier molecular flexibility index (Phi) is 10.4. The van der Waals surface area contributed by atoms with Crippen molar-refractivity contribution in [3.05, 3.63) is 99.7 Å². The van der Waals surface area contributed by atoms with Crippen molar-refractivity contribution in [2.75, 3.05) is 0 Å². The largest absolute Gasteiger partial charge is 0.431 e. The number of hydrogen-bond acceptors (Lipinski definition) is 6. The number of hydroxylamine groups is 1. The summed E-state index contributed by atoms with van der Waals surface area (Å²) in [5, 5.41) is 21.1. The van der Waals surface area contributed by atoms with Gasteiger partial charge in [0.15, 0.2) is 11.5 Å². The zero-order valence-electron chi connectivity index (χ0n) is 20.7. The van der Waals surface area contributed by atoms with Crippen LogP contribution in [0.15, 0.2) is 78.7 Å². The van der Waals surface area contributed by atoms with Crippen molar-refractivity contribution in [2.24, 2.45) is 0 Å². The fourth-order valence-corrected chi connectivity index (χ4v) is 5.25. The van der Waals surface area contributed by atoms with Gasteiger partial charge in [0.25, 0.3) is 0 Å². The van der Waals surface area contributed by atoms with Crippen LogP contribution in [0.4, 0.5) is 17.6 Å². The lowest BCUT2D eigenvalue weighted by Gasteiger charge is -2.25. The first kappa shape index (κ1) is 29.3. The number of quaternary nitrogens is 1. The molecule has 0 amide bonds. The molecule has 2 unspecified atom stereocenters. The third kappa shape index (κ3) is 7.19. The molecule has 1 heterocycles. The normalized spacial score (nSPS) is 14.7. The molecular weight excluding hydrogens is 524 g/mol. The van der Waals surface area contributed by atoms with E-state index in [1.165, 1.54) is 29.7 Å². The molecule has 0 bridgehead atoms. The van der Waals surface area contributed by atoms with Gasteiger partial charge in [-0.2, -0.15) is 23.0 Å². The molecule has 1 aromatic heterocycles. The van der Waals surface area contributed by atoms with Gasteiger partial charge in [0.05, 0.1) is 0 Å². The van der Waals surface area contributed by atoms with Crippen LogP contribution in [0.2, 0.25) is 0 Å². The molecule has 2 aromatic carbocycles. The summed E-state index contributed by atoms with van der Waals surface area (Å²) in [6, 6.07) is 13.0. The summed E-state index contributed by atoms with van der Waals surface area (Å²) in [6.07, 6.45) is 7.27. The van der Waals surface area contributed by atoms with Gasteiger partial charge in [0.1, 0.15) is 16.8 Å². The minimum Gasteiger partial charge on any atom is -0.431 e. The minimum absolute atomic E-state index is 0.349. The van der Waals surface area contributed by atoms with Crippen LogP contribution in [0.3, 0.4) is 0 Å². The number of nitrogens with zero attached hydrogens (tertiary/aromatic N) is 1. The summed E-state index contributed by atoms with van der Waals surface area (Å²) in [7, 11) is 0. The van der Waals surface area contributed by atoms with Crippen LogP contribution in [0.25, 0.3) is 0 Å². The van der Waals surface area contributed by atoms with Crippen LogP contribution in [-0.4, -0.2) is 28.5 Å². The van der Waals surface area contributed by atoms with Crippen LogP contribution < -0.4 is 15.0 Å². The van der Waals surface area contributed by atoms with Crippen LogP contribution in [-0.2, 0) is 5.60 Å². The summed E-state index contributed by atoms with van der Waals surface area (Å²) in [5.41, 5.74) is 1.50. The third-order valence-corrected chi connectivity index (χ3v) is 7.26. The number of aromatic nitrogens is 1. The topological polar surface area (TPSA) is 88.4 Å². The van der Waals surface area contributed by atoms with E-state index in [0.717, 1.165) is 17.1 Å². The average molecular weight is 554 g/mol. The summed E-state index contributed by atoms with van der Waals surface area (Å²) < 4.78 is 60.7. The lowest BCUT2D eigenvalue weighted by Crippen LogP contribution is -2.73. The highest BCUT2D eigenvalue weighted by Gasteiger charge is 2.34. The number of thiazole rings is 1. The highest BCUT2D eigenvalue weighted by molar-refractivity contribution is 7.11. The molecule has 2 atom stereocenters. The van der Waals surface area contributed by atoms with E-state index in [0.29, 0.717) is 33.9 Å². The number of rotatable bonds is 13. The Morgan fingerprint density at radius 2 is 1.76 bits per heavy atom. The van der Waals surface area contributed by atoms with Gasteiger partial charge in [-0.3, -0.25) is 0 Å². The van der Waals surface area contributed by atoms with Crippen LogP contribution >= 0.6 is 11.3 Å². The van der Waals surface area contributed by atoms with Gasteiger partial charge in [-0.15, -0.1) is 11.3 Å². The first-order valence-corrected chi connectivity index (χ1v) is 12.6. The number of alkyl halides is 4. The van der Waals surface area contributed by atoms with Crippen molar-refractivity contribution >= 4 is 11.3 Å². The Morgan fingerprint density at radius 1 is 1.08 bits per heavy atom. The summed E-state index contributed by atoms with van der Waals surface area (Å²) in [6.45, 7) is -2.82. The average Bonchev–Trinajstić information content (AvgIpc) is 3.40. The van der Waals surface area contributed by atoms with Crippen LogP contribution in [0, 0.1) is 0 Å². The lowest BCUT2D eigenvalue weighted by molar-refractivity contribution is -0.838. The third-order valence-electron chi connectivity index (χ3n) is 5.99. The molecule has 38 heavy (non-hydrogen) atoms. The van der Waals surface area contributed by atoms with Crippen molar-refractivity contribution in [3.63, 3.8) is 0 Å². The van der Waals surface area contributed by atoms with Crippen molar-refractivity contribution in [3.8, 4) is 11.5 Å². The highest BCUT2D eigenvalue weighted by atomic mass is 32.1. The second kappa shape index (κ2) is 13.5. The van der Waals surface area contributed by atoms with E-state index in [-0.39, 0.29) is 0 Å². The number of allylic oxidation sites excluding steroid dienone is 3. The van der Waals surface area contributed by atoms with Crippen molar-refractivity contribution in [2.45, 2.75) is 51.4 Å². The van der Waals surface area contributed by atoms with Crippen molar-refractivity contribution in [1.29, 1.82) is 0 Å². The second-order valence-electron chi connectivity index (χ2n) is 8.24. The summed E-state index contributed by atoms with van der Waals surface area (Å²) >= 11 is 1.26. The smallest absolute Gasteiger partial charge is 0.387 e. The summed E-state index contributed by atoms with van der Waals surface area (Å²) in [5.74, 6) is -1.52. The van der Waals surface area contributed by atoms with E-state index in [9.17, 15) is 22.7 Å². The highest BCUT2D eigenvalue weighted by Crippen LogP contribution is 2.42. The molecule has 0 aliphatic heterocycles.